The largest absolute Gasteiger partial charge is 0.397 e. The number of nitrogens with zero attached hydrogens (tertiary/aromatic N) is 1. The molecule has 0 saturated carbocycles. The predicted molar refractivity (Wildman–Crippen MR) is 65.1 cm³/mol. The van der Waals surface area contributed by atoms with Crippen LogP contribution in [0.2, 0.25) is 10.0 Å². The van der Waals surface area contributed by atoms with Crippen LogP contribution in [-0.4, -0.2) is 35.5 Å². The van der Waals surface area contributed by atoms with Crippen molar-refractivity contribution in [1.82, 2.24) is 0 Å². The van der Waals surface area contributed by atoms with E-state index in [2.05, 4.69) is 0 Å². The first-order valence-electron chi connectivity index (χ1n) is 4.84. The zero-order valence-electron chi connectivity index (χ0n) is 8.40. The maximum Gasteiger partial charge on any atom is 0.0990 e. The van der Waals surface area contributed by atoms with E-state index in [4.69, 9.17) is 28.9 Å². The molecule has 1 heterocycles. The summed E-state index contributed by atoms with van der Waals surface area (Å²) in [4.78, 5) is 1.78. The van der Waals surface area contributed by atoms with Gasteiger partial charge in [-0.3, -0.25) is 0 Å². The van der Waals surface area contributed by atoms with Crippen molar-refractivity contribution in [3.05, 3.63) is 22.2 Å². The first-order chi connectivity index (χ1) is 7.49. The number of aliphatic hydroxyl groups excluding tert-OH is 2. The van der Waals surface area contributed by atoms with E-state index in [0.29, 0.717) is 34.5 Å². The normalized spacial score (nSPS) is 25.1. The third-order valence-corrected chi connectivity index (χ3v) is 3.39. The lowest BCUT2D eigenvalue weighted by Crippen LogP contribution is -2.22. The summed E-state index contributed by atoms with van der Waals surface area (Å²) in [6, 6.07) is 3.21. The fourth-order valence-corrected chi connectivity index (χ4v) is 2.12. The van der Waals surface area contributed by atoms with Gasteiger partial charge in [0, 0.05) is 13.1 Å². The first-order valence-corrected chi connectivity index (χ1v) is 5.60. The number of benzene rings is 1. The van der Waals surface area contributed by atoms with E-state index in [9.17, 15) is 10.2 Å². The van der Waals surface area contributed by atoms with Crippen molar-refractivity contribution in [2.75, 3.05) is 23.7 Å². The average Bonchev–Trinajstić information content (AvgIpc) is 2.53. The maximum atomic E-state index is 9.45. The van der Waals surface area contributed by atoms with Crippen molar-refractivity contribution >= 4 is 34.6 Å². The summed E-state index contributed by atoms with van der Waals surface area (Å²) in [6.07, 6.45) is -1.51. The Morgan fingerprint density at radius 1 is 1.12 bits per heavy atom. The maximum absolute atomic E-state index is 9.45. The Hall–Kier alpha value is -0.680. The molecule has 0 aromatic heterocycles. The standard InChI is InChI=1S/C10H12Cl2N2O2/c11-5-1-7(13)8(2-6(5)12)14-3-9(15)10(16)4-14/h1-2,9-10,15-16H,3-4,13H2. The number of rotatable bonds is 1. The molecule has 0 radical (unpaired) electrons. The quantitative estimate of drug-likeness (QED) is 0.664. The summed E-state index contributed by atoms with van der Waals surface area (Å²) in [7, 11) is 0. The van der Waals surface area contributed by atoms with Gasteiger partial charge in [0.15, 0.2) is 0 Å². The lowest BCUT2D eigenvalue weighted by Gasteiger charge is -2.20. The van der Waals surface area contributed by atoms with E-state index in [1.807, 2.05) is 0 Å². The van der Waals surface area contributed by atoms with Crippen molar-refractivity contribution in [3.63, 3.8) is 0 Å². The fourth-order valence-electron chi connectivity index (χ4n) is 1.79. The molecule has 0 bridgehead atoms. The molecule has 0 aliphatic carbocycles. The molecule has 0 amide bonds. The predicted octanol–water partition coefficient (Wildman–Crippen LogP) is 1.12. The monoisotopic (exact) mass is 262 g/mol. The molecule has 2 atom stereocenters. The Kier molecular flexibility index (Phi) is 3.17. The smallest absolute Gasteiger partial charge is 0.0990 e. The van der Waals surface area contributed by atoms with Crippen molar-refractivity contribution in [3.8, 4) is 0 Å². The highest BCUT2D eigenvalue weighted by Crippen LogP contribution is 2.34. The van der Waals surface area contributed by atoms with E-state index >= 15 is 0 Å². The molecule has 16 heavy (non-hydrogen) atoms. The van der Waals surface area contributed by atoms with Gasteiger partial charge < -0.3 is 20.8 Å². The van der Waals surface area contributed by atoms with Crippen LogP contribution in [0.25, 0.3) is 0 Å². The molecule has 1 aromatic carbocycles. The van der Waals surface area contributed by atoms with E-state index in [0.717, 1.165) is 0 Å². The number of nitrogen functional groups attached to an aromatic ring is 1. The van der Waals surface area contributed by atoms with Crippen molar-refractivity contribution in [2.45, 2.75) is 12.2 Å². The number of β-amino-alcohol motifs (C(OH)–C–C–N with tert-alkyl or cyclic N) is 2. The van der Waals surface area contributed by atoms with Crippen LogP contribution in [-0.2, 0) is 0 Å². The number of hydrogen-bond acceptors (Lipinski definition) is 4. The highest BCUT2D eigenvalue weighted by atomic mass is 35.5. The van der Waals surface area contributed by atoms with Gasteiger partial charge in [-0.1, -0.05) is 23.2 Å². The molecular weight excluding hydrogens is 251 g/mol. The van der Waals surface area contributed by atoms with E-state index in [1.165, 1.54) is 0 Å². The third kappa shape index (κ3) is 2.06. The zero-order chi connectivity index (χ0) is 11.9. The number of halogens is 2. The third-order valence-electron chi connectivity index (χ3n) is 2.67. The van der Waals surface area contributed by atoms with Gasteiger partial charge in [-0.15, -0.1) is 0 Å². The molecule has 4 nitrogen and oxygen atoms in total. The summed E-state index contributed by atoms with van der Waals surface area (Å²) in [6.45, 7) is 0.673. The number of anilines is 2. The second-order valence-corrected chi connectivity index (χ2v) is 4.68. The number of nitrogens with two attached hydrogens (primary N) is 1. The van der Waals surface area contributed by atoms with E-state index in [-0.39, 0.29) is 0 Å². The number of aliphatic hydroxyl groups is 2. The van der Waals surface area contributed by atoms with Gasteiger partial charge in [0.25, 0.3) is 0 Å². The Balaban J connectivity index is 2.31. The first kappa shape index (κ1) is 11.8. The minimum absolute atomic E-state index is 0.337. The summed E-state index contributed by atoms with van der Waals surface area (Å²) in [5.41, 5.74) is 6.98. The average molecular weight is 263 g/mol. The van der Waals surface area contributed by atoms with Crippen LogP contribution in [0.5, 0.6) is 0 Å². The van der Waals surface area contributed by atoms with Gasteiger partial charge in [-0.05, 0) is 12.1 Å². The lowest BCUT2D eigenvalue weighted by atomic mass is 10.2. The molecule has 1 aliphatic heterocycles. The van der Waals surface area contributed by atoms with E-state index < -0.39 is 12.2 Å². The summed E-state index contributed by atoms with van der Waals surface area (Å²) in [5, 5.41) is 19.7. The van der Waals surface area contributed by atoms with Gasteiger partial charge in [-0.25, -0.2) is 0 Å². The number of hydrogen-bond donors (Lipinski definition) is 3. The highest BCUT2D eigenvalue weighted by Gasteiger charge is 2.30. The molecular formula is C10H12Cl2N2O2. The Morgan fingerprint density at radius 2 is 1.62 bits per heavy atom. The minimum atomic E-state index is -0.756. The molecule has 6 heteroatoms. The molecule has 1 aliphatic rings. The van der Waals surface area contributed by atoms with Crippen LogP contribution in [0.1, 0.15) is 0 Å². The van der Waals surface area contributed by atoms with Crippen LogP contribution in [0.4, 0.5) is 11.4 Å². The van der Waals surface area contributed by atoms with Crippen molar-refractivity contribution < 1.29 is 10.2 Å². The molecule has 4 N–H and O–H groups in total. The molecule has 0 spiro atoms. The van der Waals surface area contributed by atoms with Gasteiger partial charge in [0.1, 0.15) is 0 Å². The molecule has 1 fully saturated rings. The minimum Gasteiger partial charge on any atom is -0.397 e. The molecule has 1 saturated heterocycles. The molecule has 1 aromatic rings. The summed E-state index contributed by atoms with van der Waals surface area (Å²) < 4.78 is 0. The second-order valence-electron chi connectivity index (χ2n) is 3.86. The topological polar surface area (TPSA) is 69.7 Å². The highest BCUT2D eigenvalue weighted by molar-refractivity contribution is 6.42. The summed E-state index contributed by atoms with van der Waals surface area (Å²) >= 11 is 11.7. The Morgan fingerprint density at radius 3 is 2.19 bits per heavy atom. The SMILES string of the molecule is Nc1cc(Cl)c(Cl)cc1N1CC(O)C(O)C1. The van der Waals surface area contributed by atoms with Gasteiger partial charge in [-0.2, -0.15) is 0 Å². The Labute approximate surface area is 103 Å². The zero-order valence-corrected chi connectivity index (χ0v) is 9.91. The molecule has 2 unspecified atom stereocenters. The van der Waals surface area contributed by atoms with Crippen molar-refractivity contribution in [1.29, 1.82) is 0 Å². The van der Waals surface area contributed by atoms with Crippen LogP contribution in [0.3, 0.4) is 0 Å². The summed E-state index contributed by atoms with van der Waals surface area (Å²) in [5.74, 6) is 0. The Bertz CT molecular complexity index is 404. The van der Waals surface area contributed by atoms with Crippen LogP contribution in [0, 0.1) is 0 Å². The van der Waals surface area contributed by atoms with Gasteiger partial charge in [0.05, 0.1) is 33.6 Å². The van der Waals surface area contributed by atoms with Crippen LogP contribution >= 0.6 is 23.2 Å². The van der Waals surface area contributed by atoms with Crippen LogP contribution in [0.15, 0.2) is 12.1 Å². The van der Waals surface area contributed by atoms with Gasteiger partial charge >= 0.3 is 0 Å². The van der Waals surface area contributed by atoms with Gasteiger partial charge in [0.2, 0.25) is 0 Å². The second kappa shape index (κ2) is 4.30. The van der Waals surface area contributed by atoms with Crippen molar-refractivity contribution in [2.24, 2.45) is 0 Å². The lowest BCUT2D eigenvalue weighted by molar-refractivity contribution is 0.0572. The van der Waals surface area contributed by atoms with Crippen LogP contribution < -0.4 is 10.6 Å². The fraction of sp³-hybridized carbons (Fsp3) is 0.400. The van der Waals surface area contributed by atoms with E-state index in [1.54, 1.807) is 17.0 Å². The molecule has 88 valence electrons. The molecule has 2 rings (SSSR count).